The van der Waals surface area contributed by atoms with Gasteiger partial charge in [-0.15, -0.1) is 0 Å². The monoisotopic (exact) mass is 302 g/mol. The van der Waals surface area contributed by atoms with E-state index in [0.717, 1.165) is 25.2 Å². The number of aryl methyl sites for hydroxylation is 1. The Morgan fingerprint density at radius 3 is 2.32 bits per heavy atom. The lowest BCUT2D eigenvalue weighted by Gasteiger charge is -2.27. The SMILES string of the molecule is CCCCCC1CCC(C(=O)Oc2ccc(CC)cc2)CC1. The van der Waals surface area contributed by atoms with Crippen molar-refractivity contribution in [2.45, 2.75) is 71.6 Å². The molecule has 0 atom stereocenters. The number of esters is 1. The van der Waals surface area contributed by atoms with Crippen molar-refractivity contribution >= 4 is 5.97 Å². The van der Waals surface area contributed by atoms with Gasteiger partial charge in [0.1, 0.15) is 5.75 Å². The van der Waals surface area contributed by atoms with Crippen molar-refractivity contribution in [2.75, 3.05) is 0 Å². The van der Waals surface area contributed by atoms with Gasteiger partial charge in [-0.05, 0) is 55.7 Å². The van der Waals surface area contributed by atoms with E-state index >= 15 is 0 Å². The van der Waals surface area contributed by atoms with Gasteiger partial charge in [-0.25, -0.2) is 0 Å². The molecule has 0 radical (unpaired) electrons. The van der Waals surface area contributed by atoms with Crippen LogP contribution in [0.4, 0.5) is 0 Å². The number of carbonyl (C=O) groups excluding carboxylic acids is 1. The first-order valence-electron chi connectivity index (χ1n) is 9.03. The van der Waals surface area contributed by atoms with Crippen LogP contribution in [-0.2, 0) is 11.2 Å². The van der Waals surface area contributed by atoms with Gasteiger partial charge in [-0.2, -0.15) is 0 Å². The molecule has 0 N–H and O–H groups in total. The quantitative estimate of drug-likeness (QED) is 0.375. The molecule has 2 rings (SSSR count). The van der Waals surface area contributed by atoms with Gasteiger partial charge in [0.05, 0.1) is 5.92 Å². The van der Waals surface area contributed by atoms with E-state index in [-0.39, 0.29) is 11.9 Å². The Balaban J connectivity index is 1.74. The van der Waals surface area contributed by atoms with Crippen LogP contribution in [0.3, 0.4) is 0 Å². The van der Waals surface area contributed by atoms with Gasteiger partial charge < -0.3 is 4.74 Å². The fraction of sp³-hybridized carbons (Fsp3) is 0.650. The van der Waals surface area contributed by atoms with E-state index in [1.54, 1.807) is 0 Å². The maximum Gasteiger partial charge on any atom is 0.314 e. The van der Waals surface area contributed by atoms with Crippen molar-refractivity contribution in [3.63, 3.8) is 0 Å². The first-order chi connectivity index (χ1) is 10.7. The summed E-state index contributed by atoms with van der Waals surface area (Å²) >= 11 is 0. The molecule has 0 heterocycles. The number of hydrogen-bond donors (Lipinski definition) is 0. The fourth-order valence-electron chi connectivity index (χ4n) is 3.36. The van der Waals surface area contributed by atoms with Crippen LogP contribution in [0.25, 0.3) is 0 Å². The molecule has 2 nitrogen and oxygen atoms in total. The Kier molecular flexibility index (Phi) is 6.95. The van der Waals surface area contributed by atoms with Crippen LogP contribution < -0.4 is 4.74 Å². The van der Waals surface area contributed by atoms with Crippen LogP contribution in [0.1, 0.15) is 70.8 Å². The first kappa shape index (κ1) is 17.1. The largest absolute Gasteiger partial charge is 0.426 e. The van der Waals surface area contributed by atoms with Crippen molar-refractivity contribution in [3.8, 4) is 5.75 Å². The highest BCUT2D eigenvalue weighted by atomic mass is 16.5. The highest BCUT2D eigenvalue weighted by molar-refractivity contribution is 5.75. The molecule has 0 aliphatic heterocycles. The van der Waals surface area contributed by atoms with Crippen LogP contribution in [0.15, 0.2) is 24.3 Å². The molecular weight excluding hydrogens is 272 g/mol. The molecule has 0 aromatic heterocycles. The number of benzene rings is 1. The predicted octanol–water partition coefficient (Wildman–Crippen LogP) is 5.54. The van der Waals surface area contributed by atoms with Crippen molar-refractivity contribution in [3.05, 3.63) is 29.8 Å². The number of unbranched alkanes of at least 4 members (excludes halogenated alkanes) is 2. The first-order valence-corrected chi connectivity index (χ1v) is 9.03. The number of hydrogen-bond acceptors (Lipinski definition) is 2. The Labute approximate surface area is 135 Å². The molecule has 1 aromatic carbocycles. The maximum atomic E-state index is 12.3. The van der Waals surface area contributed by atoms with Crippen LogP contribution in [-0.4, -0.2) is 5.97 Å². The van der Waals surface area contributed by atoms with Crippen molar-refractivity contribution in [1.29, 1.82) is 0 Å². The second-order valence-corrected chi connectivity index (χ2v) is 6.63. The molecule has 1 aliphatic carbocycles. The Bertz CT molecular complexity index is 441. The van der Waals surface area contributed by atoms with Crippen LogP contribution in [0.2, 0.25) is 0 Å². The number of rotatable bonds is 7. The van der Waals surface area contributed by atoms with Crippen molar-refractivity contribution in [1.82, 2.24) is 0 Å². The molecule has 1 aromatic rings. The lowest BCUT2D eigenvalue weighted by Crippen LogP contribution is -2.25. The van der Waals surface area contributed by atoms with Crippen LogP contribution in [0, 0.1) is 11.8 Å². The Morgan fingerprint density at radius 2 is 1.73 bits per heavy atom. The second kappa shape index (κ2) is 8.97. The van der Waals surface area contributed by atoms with Gasteiger partial charge in [0, 0.05) is 0 Å². The topological polar surface area (TPSA) is 26.3 Å². The molecule has 0 saturated heterocycles. The summed E-state index contributed by atoms with van der Waals surface area (Å²) in [6.07, 6.45) is 10.7. The highest BCUT2D eigenvalue weighted by Crippen LogP contribution is 2.33. The van der Waals surface area contributed by atoms with Gasteiger partial charge in [-0.3, -0.25) is 4.79 Å². The molecule has 22 heavy (non-hydrogen) atoms. The lowest BCUT2D eigenvalue weighted by atomic mass is 9.80. The normalized spacial score (nSPS) is 21.5. The molecule has 1 fully saturated rings. The minimum absolute atomic E-state index is 0.0312. The molecule has 122 valence electrons. The highest BCUT2D eigenvalue weighted by Gasteiger charge is 2.27. The van der Waals surface area contributed by atoms with Crippen molar-refractivity contribution in [2.24, 2.45) is 11.8 Å². The predicted molar refractivity (Wildman–Crippen MR) is 91.0 cm³/mol. The molecule has 2 heteroatoms. The van der Waals surface area contributed by atoms with Crippen LogP contribution in [0.5, 0.6) is 5.75 Å². The van der Waals surface area contributed by atoms with E-state index in [4.69, 9.17) is 4.74 Å². The summed E-state index contributed by atoms with van der Waals surface area (Å²) in [6, 6.07) is 7.89. The summed E-state index contributed by atoms with van der Waals surface area (Å²) in [5.74, 6) is 1.59. The van der Waals surface area contributed by atoms with E-state index in [1.165, 1.54) is 44.1 Å². The average Bonchev–Trinajstić information content (AvgIpc) is 2.56. The summed E-state index contributed by atoms with van der Waals surface area (Å²) in [7, 11) is 0. The van der Waals surface area contributed by atoms with E-state index < -0.39 is 0 Å². The third-order valence-electron chi connectivity index (χ3n) is 4.95. The third kappa shape index (κ3) is 5.15. The minimum Gasteiger partial charge on any atom is -0.426 e. The lowest BCUT2D eigenvalue weighted by molar-refractivity contribution is -0.140. The second-order valence-electron chi connectivity index (χ2n) is 6.63. The molecule has 0 unspecified atom stereocenters. The summed E-state index contributed by atoms with van der Waals surface area (Å²) in [6.45, 7) is 4.37. The Morgan fingerprint density at radius 1 is 1.05 bits per heavy atom. The smallest absolute Gasteiger partial charge is 0.314 e. The standard InChI is InChI=1S/C20H30O2/c1-3-5-6-7-17-8-12-18(13-9-17)20(21)22-19-14-10-16(4-2)11-15-19/h10-11,14-15,17-18H,3-9,12-13H2,1-2H3. The maximum absolute atomic E-state index is 12.3. The zero-order chi connectivity index (χ0) is 15.8. The average molecular weight is 302 g/mol. The van der Waals surface area contributed by atoms with Gasteiger partial charge in [0.2, 0.25) is 0 Å². The van der Waals surface area contributed by atoms with E-state index in [2.05, 4.69) is 13.8 Å². The summed E-state index contributed by atoms with van der Waals surface area (Å²) in [4.78, 5) is 12.3. The number of carbonyl (C=O) groups is 1. The van der Waals surface area contributed by atoms with Crippen LogP contribution >= 0.6 is 0 Å². The molecule has 0 spiro atoms. The third-order valence-corrected chi connectivity index (χ3v) is 4.95. The summed E-state index contributed by atoms with van der Waals surface area (Å²) in [5, 5.41) is 0. The molecule has 0 bridgehead atoms. The van der Waals surface area contributed by atoms with Gasteiger partial charge >= 0.3 is 5.97 Å². The molecular formula is C20H30O2. The molecule has 1 saturated carbocycles. The summed E-state index contributed by atoms with van der Waals surface area (Å²) < 4.78 is 5.55. The van der Waals surface area contributed by atoms with Gasteiger partial charge in [0.25, 0.3) is 0 Å². The van der Waals surface area contributed by atoms with Gasteiger partial charge in [-0.1, -0.05) is 51.7 Å². The van der Waals surface area contributed by atoms with E-state index in [1.807, 2.05) is 24.3 Å². The fourth-order valence-corrected chi connectivity index (χ4v) is 3.36. The van der Waals surface area contributed by atoms with E-state index in [0.29, 0.717) is 5.75 Å². The number of ether oxygens (including phenoxy) is 1. The molecule has 1 aliphatic rings. The summed E-state index contributed by atoms with van der Waals surface area (Å²) in [5.41, 5.74) is 1.27. The Hall–Kier alpha value is -1.31. The zero-order valence-electron chi connectivity index (χ0n) is 14.1. The van der Waals surface area contributed by atoms with Crippen molar-refractivity contribution < 1.29 is 9.53 Å². The zero-order valence-corrected chi connectivity index (χ0v) is 14.1. The van der Waals surface area contributed by atoms with Gasteiger partial charge in [0.15, 0.2) is 0 Å². The molecule has 0 amide bonds. The minimum atomic E-state index is -0.0312. The van der Waals surface area contributed by atoms with E-state index in [9.17, 15) is 4.79 Å².